The highest BCUT2D eigenvalue weighted by atomic mass is 79.9. The van der Waals surface area contributed by atoms with Crippen molar-refractivity contribution in [2.45, 2.75) is 38.0 Å². The summed E-state index contributed by atoms with van der Waals surface area (Å²) < 4.78 is 12.7. The first kappa shape index (κ1) is 22.7. The summed E-state index contributed by atoms with van der Waals surface area (Å²) in [7, 11) is -2.67. The number of aliphatic hydroxyl groups excluding tert-OH is 1. The van der Waals surface area contributed by atoms with Gasteiger partial charge in [-0.1, -0.05) is 104 Å². The second-order valence-electron chi connectivity index (χ2n) is 8.41. The van der Waals surface area contributed by atoms with E-state index >= 15 is 0 Å². The number of carbonyl (C=O) groups is 1. The molecule has 158 valence electrons. The van der Waals surface area contributed by atoms with Crippen molar-refractivity contribution in [1.82, 2.24) is 0 Å². The molecule has 0 bridgehead atoms. The van der Waals surface area contributed by atoms with E-state index in [-0.39, 0.29) is 10.6 Å². The summed E-state index contributed by atoms with van der Waals surface area (Å²) in [6, 6.07) is 20.7. The lowest BCUT2D eigenvalue weighted by Gasteiger charge is -2.43. The Kier molecular flexibility index (Phi) is 6.82. The van der Waals surface area contributed by atoms with E-state index in [0.717, 1.165) is 0 Å². The average molecular weight is 487 g/mol. The number of halogens is 1. The molecule has 1 aliphatic heterocycles. The number of cyclic esters (lactones) is 1. The number of ether oxygens (including phenoxy) is 1. The van der Waals surface area contributed by atoms with Crippen molar-refractivity contribution in [2.75, 3.05) is 6.61 Å². The van der Waals surface area contributed by atoms with Gasteiger partial charge in [0.15, 0.2) is 6.10 Å². The van der Waals surface area contributed by atoms with Crippen molar-refractivity contribution >= 4 is 40.6 Å². The molecule has 0 spiro atoms. The molecule has 0 radical (unpaired) electrons. The van der Waals surface area contributed by atoms with Gasteiger partial charge in [-0.25, -0.2) is 4.79 Å². The number of hydrogen-bond acceptors (Lipinski definition) is 4. The SMILES string of the molecule is C=C1C(=O)O[C@@H](/C=C(\Br)CO[Si](c2ccccc2)(c2ccccc2)C(C)(C)C)C1O. The fraction of sp³-hybridized carbons (Fsp3) is 0.292. The zero-order valence-corrected chi connectivity index (χ0v) is 20.1. The highest BCUT2D eigenvalue weighted by molar-refractivity contribution is 9.11. The van der Waals surface area contributed by atoms with Crippen molar-refractivity contribution in [3.63, 3.8) is 0 Å². The van der Waals surface area contributed by atoms with E-state index in [0.29, 0.717) is 11.1 Å². The van der Waals surface area contributed by atoms with E-state index in [4.69, 9.17) is 9.16 Å². The average Bonchev–Trinajstić information content (AvgIpc) is 2.95. The van der Waals surface area contributed by atoms with Gasteiger partial charge in [-0.3, -0.25) is 0 Å². The Bertz CT molecular complexity index is 895. The topological polar surface area (TPSA) is 55.8 Å². The Balaban J connectivity index is 1.97. The Labute approximate surface area is 187 Å². The molecule has 1 heterocycles. The molecule has 1 fully saturated rings. The Hall–Kier alpha value is -1.99. The number of aliphatic hydroxyl groups is 1. The summed E-state index contributed by atoms with van der Waals surface area (Å²) in [5.41, 5.74) is 0.0736. The first-order chi connectivity index (χ1) is 14.2. The maximum atomic E-state index is 11.6. The van der Waals surface area contributed by atoms with Gasteiger partial charge in [-0.2, -0.15) is 0 Å². The van der Waals surface area contributed by atoms with Gasteiger partial charge in [0.05, 0.1) is 12.2 Å². The summed E-state index contributed by atoms with van der Waals surface area (Å²) in [5.74, 6) is -0.572. The van der Waals surface area contributed by atoms with Gasteiger partial charge in [0, 0.05) is 4.48 Å². The van der Waals surface area contributed by atoms with Crippen molar-refractivity contribution in [1.29, 1.82) is 0 Å². The zero-order chi connectivity index (χ0) is 21.9. The lowest BCUT2D eigenvalue weighted by Crippen LogP contribution is -2.66. The molecule has 0 saturated carbocycles. The lowest BCUT2D eigenvalue weighted by atomic mass is 10.1. The molecule has 2 aromatic carbocycles. The predicted octanol–water partition coefficient (Wildman–Crippen LogP) is 3.68. The Morgan fingerprint density at radius 2 is 1.63 bits per heavy atom. The summed E-state index contributed by atoms with van der Waals surface area (Å²) in [6.45, 7) is 10.5. The summed E-state index contributed by atoms with van der Waals surface area (Å²) in [4.78, 5) is 11.6. The molecule has 0 aliphatic carbocycles. The molecule has 1 saturated heterocycles. The van der Waals surface area contributed by atoms with Crippen molar-refractivity contribution in [2.24, 2.45) is 0 Å². The molecular weight excluding hydrogens is 460 g/mol. The van der Waals surface area contributed by atoms with Gasteiger partial charge in [0.25, 0.3) is 8.32 Å². The molecule has 1 N–H and O–H groups in total. The van der Waals surface area contributed by atoms with Crippen LogP contribution in [-0.2, 0) is 14.0 Å². The standard InChI is InChI=1S/C24H27BrO4Si/c1-17-22(26)21(29-23(17)27)15-18(25)16-28-30(24(2,3)4,19-11-7-5-8-12-19)20-13-9-6-10-14-20/h5-15,21-22,26H,1,16H2,2-4H3/b18-15-/t21-,22?/m0/s1. The zero-order valence-electron chi connectivity index (χ0n) is 17.5. The third kappa shape index (κ3) is 4.37. The van der Waals surface area contributed by atoms with Crippen molar-refractivity contribution < 1.29 is 19.1 Å². The molecule has 1 unspecified atom stereocenters. The number of benzene rings is 2. The van der Waals surface area contributed by atoms with E-state index in [2.05, 4.69) is 67.5 Å². The van der Waals surface area contributed by atoms with E-state index in [1.54, 1.807) is 6.08 Å². The normalized spacial score (nSPS) is 20.4. The molecule has 2 atom stereocenters. The third-order valence-corrected chi connectivity index (χ3v) is 10.8. The molecule has 2 aromatic rings. The Morgan fingerprint density at radius 1 is 1.13 bits per heavy atom. The van der Waals surface area contributed by atoms with E-state index in [1.165, 1.54) is 10.4 Å². The van der Waals surface area contributed by atoms with Crippen LogP contribution in [0.25, 0.3) is 0 Å². The van der Waals surface area contributed by atoms with Crippen LogP contribution in [0.5, 0.6) is 0 Å². The van der Waals surface area contributed by atoms with Gasteiger partial charge in [0.2, 0.25) is 0 Å². The molecule has 30 heavy (non-hydrogen) atoms. The highest BCUT2D eigenvalue weighted by Gasteiger charge is 2.50. The van der Waals surface area contributed by atoms with Gasteiger partial charge in [-0.15, -0.1) is 0 Å². The first-order valence-electron chi connectivity index (χ1n) is 9.86. The Morgan fingerprint density at radius 3 is 2.03 bits per heavy atom. The summed E-state index contributed by atoms with van der Waals surface area (Å²) in [6.07, 6.45) is -0.126. The predicted molar refractivity (Wildman–Crippen MR) is 126 cm³/mol. The van der Waals surface area contributed by atoms with Gasteiger partial charge >= 0.3 is 5.97 Å². The first-order valence-corrected chi connectivity index (χ1v) is 12.6. The maximum Gasteiger partial charge on any atom is 0.336 e. The second kappa shape index (κ2) is 9.02. The van der Waals surface area contributed by atoms with E-state index in [1.807, 2.05) is 36.4 Å². The molecule has 3 rings (SSSR count). The van der Waals surface area contributed by atoms with Gasteiger partial charge in [-0.05, 0) is 21.5 Å². The van der Waals surface area contributed by atoms with Crippen LogP contribution in [0.4, 0.5) is 0 Å². The van der Waals surface area contributed by atoms with Crippen LogP contribution in [0.2, 0.25) is 5.04 Å². The van der Waals surface area contributed by atoms with E-state index in [9.17, 15) is 9.90 Å². The number of carbonyl (C=O) groups excluding carboxylic acids is 1. The molecular formula is C24H27BrO4Si. The minimum Gasteiger partial charge on any atom is -0.452 e. The highest BCUT2D eigenvalue weighted by Crippen LogP contribution is 2.37. The smallest absolute Gasteiger partial charge is 0.336 e. The summed E-state index contributed by atoms with van der Waals surface area (Å²) in [5, 5.41) is 12.4. The molecule has 1 aliphatic rings. The van der Waals surface area contributed by atoms with Crippen molar-refractivity contribution in [3.05, 3.63) is 83.4 Å². The fourth-order valence-electron chi connectivity index (χ4n) is 3.87. The van der Waals surface area contributed by atoms with E-state index < -0.39 is 26.5 Å². The minimum absolute atomic E-state index is 0.0736. The largest absolute Gasteiger partial charge is 0.452 e. The van der Waals surface area contributed by atoms with Crippen LogP contribution in [0, 0.1) is 0 Å². The molecule has 6 heteroatoms. The second-order valence-corrected chi connectivity index (χ2v) is 13.7. The van der Waals surface area contributed by atoms with Gasteiger partial charge in [0.1, 0.15) is 6.10 Å². The van der Waals surface area contributed by atoms with Crippen LogP contribution >= 0.6 is 15.9 Å². The summed E-state index contributed by atoms with van der Waals surface area (Å²) >= 11 is 3.55. The van der Waals surface area contributed by atoms with Crippen LogP contribution in [0.3, 0.4) is 0 Å². The number of hydrogen-bond donors (Lipinski definition) is 1. The molecule has 0 aromatic heterocycles. The fourth-order valence-corrected chi connectivity index (χ4v) is 8.99. The number of rotatable bonds is 6. The molecule has 0 amide bonds. The van der Waals surface area contributed by atoms with Crippen LogP contribution in [0.1, 0.15) is 20.8 Å². The molecule has 4 nitrogen and oxygen atoms in total. The van der Waals surface area contributed by atoms with Gasteiger partial charge < -0.3 is 14.3 Å². The maximum absolute atomic E-state index is 11.6. The van der Waals surface area contributed by atoms with Crippen molar-refractivity contribution in [3.8, 4) is 0 Å². The third-order valence-electron chi connectivity index (χ3n) is 5.36. The number of esters is 1. The lowest BCUT2D eigenvalue weighted by molar-refractivity contribution is -0.137. The quantitative estimate of drug-likeness (QED) is 0.384. The van der Waals surface area contributed by atoms with Crippen LogP contribution in [-0.4, -0.2) is 38.2 Å². The minimum atomic E-state index is -2.67. The van der Waals surface area contributed by atoms with Crippen LogP contribution in [0.15, 0.2) is 83.4 Å². The van der Waals surface area contributed by atoms with Crippen LogP contribution < -0.4 is 10.4 Å². The monoisotopic (exact) mass is 486 g/mol.